The van der Waals surface area contributed by atoms with Crippen LogP contribution in [0.25, 0.3) is 6.08 Å². The van der Waals surface area contributed by atoms with Crippen molar-refractivity contribution in [1.29, 1.82) is 0 Å². The van der Waals surface area contributed by atoms with Crippen molar-refractivity contribution >= 4 is 29.1 Å². The number of rotatable bonds is 8. The summed E-state index contributed by atoms with van der Waals surface area (Å²) in [6, 6.07) is 22.2. The average Bonchev–Trinajstić information content (AvgIpc) is 3.30. The number of aromatic nitrogens is 1. The van der Waals surface area contributed by atoms with Crippen molar-refractivity contribution in [3.63, 3.8) is 0 Å². The number of hydrogen-bond acceptors (Lipinski definition) is 8. The topological polar surface area (TPSA) is 113 Å². The number of hydrogen-bond donors (Lipinski definition) is 0. The zero-order valence-corrected chi connectivity index (χ0v) is 22.6. The highest BCUT2D eigenvalue weighted by atomic mass is 32.1. The van der Waals surface area contributed by atoms with E-state index >= 15 is 0 Å². The smallest absolute Gasteiger partial charge is 0.338 e. The van der Waals surface area contributed by atoms with E-state index in [1.54, 1.807) is 34.9 Å². The fraction of sp³-hybridized carbons (Fsp3) is 0.167. The zero-order valence-electron chi connectivity index (χ0n) is 21.8. The average molecular weight is 556 g/mol. The summed E-state index contributed by atoms with van der Waals surface area (Å²) >= 11 is 1.27. The molecule has 202 valence electrons. The molecule has 0 saturated heterocycles. The Morgan fingerprint density at radius 1 is 1.07 bits per heavy atom. The molecule has 0 radical (unpaired) electrons. The van der Waals surface area contributed by atoms with Crippen molar-refractivity contribution in [3.05, 3.63) is 137 Å². The predicted octanol–water partition coefficient (Wildman–Crippen LogP) is 4.29. The summed E-state index contributed by atoms with van der Waals surface area (Å²) in [6.45, 7) is 2.18. The first-order chi connectivity index (χ1) is 19.4. The standard InChI is InChI=1S/C30H25N3O6S/c1-3-24-26(29(35)38-2)27(21-7-5-4-6-8-21)32-28(34)25(40-30(32)31-24)17-19-11-15-23(16-12-19)39-18-20-9-13-22(14-10-20)33(36)37/h4-17,27H,3,18H2,1-2H3/b25-17-/t27-/m1/s1. The molecule has 10 heteroatoms. The molecule has 40 heavy (non-hydrogen) atoms. The minimum Gasteiger partial charge on any atom is -0.489 e. The number of nitro groups is 1. The van der Waals surface area contributed by atoms with Crippen molar-refractivity contribution < 1.29 is 19.2 Å². The molecule has 2 heterocycles. The number of allylic oxidation sites excluding steroid dienone is 1. The lowest BCUT2D eigenvalue weighted by Gasteiger charge is -2.25. The Balaban J connectivity index is 1.45. The molecule has 0 spiro atoms. The number of methoxy groups -OCH3 is 1. The zero-order chi connectivity index (χ0) is 28.2. The molecule has 0 amide bonds. The molecule has 0 aliphatic carbocycles. The Labute approximate surface area is 233 Å². The molecule has 3 aromatic carbocycles. The van der Waals surface area contributed by atoms with Crippen LogP contribution in [0.15, 0.2) is 99.9 Å². The maximum absolute atomic E-state index is 13.7. The maximum Gasteiger partial charge on any atom is 0.338 e. The lowest BCUT2D eigenvalue weighted by atomic mass is 9.95. The first kappa shape index (κ1) is 26.8. The van der Waals surface area contributed by atoms with Gasteiger partial charge in [0.2, 0.25) is 0 Å². The van der Waals surface area contributed by atoms with Gasteiger partial charge in [-0.3, -0.25) is 19.5 Å². The highest BCUT2D eigenvalue weighted by Gasteiger charge is 2.33. The molecule has 1 aliphatic heterocycles. The van der Waals surface area contributed by atoms with Crippen molar-refractivity contribution in [3.8, 4) is 5.75 Å². The fourth-order valence-corrected chi connectivity index (χ4v) is 5.53. The number of fused-ring (bicyclic) bond motifs is 1. The van der Waals surface area contributed by atoms with E-state index in [9.17, 15) is 19.7 Å². The Kier molecular flexibility index (Phi) is 7.70. The van der Waals surface area contributed by atoms with Crippen LogP contribution in [0.5, 0.6) is 5.75 Å². The lowest BCUT2D eigenvalue weighted by Crippen LogP contribution is -2.40. The van der Waals surface area contributed by atoms with Crippen LogP contribution in [0.4, 0.5) is 5.69 Å². The first-order valence-corrected chi connectivity index (χ1v) is 13.4. The summed E-state index contributed by atoms with van der Waals surface area (Å²) in [5, 5.41) is 10.8. The molecule has 1 atom stereocenters. The summed E-state index contributed by atoms with van der Waals surface area (Å²) in [5.74, 6) is 0.115. The SMILES string of the molecule is CCC1=C(C(=O)OC)[C@@H](c2ccccc2)n2c(s/c(=C\c3ccc(OCc4ccc([N+](=O)[O-])cc4)cc3)c2=O)=N1. The number of non-ortho nitro benzene ring substituents is 1. The van der Waals surface area contributed by atoms with Gasteiger partial charge in [-0.15, -0.1) is 0 Å². The molecule has 0 fully saturated rings. The monoisotopic (exact) mass is 555 g/mol. The maximum atomic E-state index is 13.7. The molecule has 4 aromatic rings. The van der Waals surface area contributed by atoms with Gasteiger partial charge in [0.25, 0.3) is 11.2 Å². The molecule has 5 rings (SSSR count). The first-order valence-electron chi connectivity index (χ1n) is 12.5. The van der Waals surface area contributed by atoms with Crippen LogP contribution in [0, 0.1) is 10.1 Å². The van der Waals surface area contributed by atoms with E-state index < -0.39 is 16.9 Å². The Morgan fingerprint density at radius 3 is 2.40 bits per heavy atom. The van der Waals surface area contributed by atoms with Gasteiger partial charge in [0.1, 0.15) is 12.4 Å². The van der Waals surface area contributed by atoms with Gasteiger partial charge >= 0.3 is 5.97 Å². The van der Waals surface area contributed by atoms with Crippen molar-refractivity contribution in [1.82, 2.24) is 4.57 Å². The van der Waals surface area contributed by atoms with Gasteiger partial charge in [0.05, 0.1) is 33.9 Å². The molecule has 0 N–H and O–H groups in total. The second-order valence-electron chi connectivity index (χ2n) is 8.98. The Morgan fingerprint density at radius 2 is 1.77 bits per heavy atom. The van der Waals surface area contributed by atoms with Crippen LogP contribution < -0.4 is 19.6 Å². The predicted molar refractivity (Wildman–Crippen MR) is 151 cm³/mol. The molecular formula is C30H25N3O6S. The highest BCUT2D eigenvalue weighted by Crippen LogP contribution is 2.31. The van der Waals surface area contributed by atoms with Crippen LogP contribution in [-0.2, 0) is 16.1 Å². The highest BCUT2D eigenvalue weighted by molar-refractivity contribution is 7.07. The van der Waals surface area contributed by atoms with E-state index in [2.05, 4.69) is 4.99 Å². The number of carbonyl (C=O) groups excluding carboxylic acids is 1. The van der Waals surface area contributed by atoms with Gasteiger partial charge in [-0.1, -0.05) is 60.7 Å². The minimum atomic E-state index is -0.641. The summed E-state index contributed by atoms with van der Waals surface area (Å²) in [7, 11) is 1.33. The summed E-state index contributed by atoms with van der Waals surface area (Å²) in [5.41, 5.74) is 3.15. The second kappa shape index (κ2) is 11.5. The Hall–Kier alpha value is -4.83. The molecule has 0 bridgehead atoms. The van der Waals surface area contributed by atoms with E-state index in [-0.39, 0.29) is 17.9 Å². The largest absolute Gasteiger partial charge is 0.489 e. The van der Waals surface area contributed by atoms with Crippen LogP contribution >= 0.6 is 11.3 Å². The lowest BCUT2D eigenvalue weighted by molar-refractivity contribution is -0.384. The number of esters is 1. The quantitative estimate of drug-likeness (QED) is 0.182. The summed E-state index contributed by atoms with van der Waals surface area (Å²) < 4.78 is 13.0. The minimum absolute atomic E-state index is 0.0286. The molecule has 0 unspecified atom stereocenters. The summed E-state index contributed by atoms with van der Waals surface area (Å²) in [6.07, 6.45) is 2.31. The number of nitro benzene ring substituents is 1. The van der Waals surface area contributed by atoms with Gasteiger partial charge in [0.15, 0.2) is 4.80 Å². The normalized spacial score (nSPS) is 14.8. The number of benzene rings is 3. The van der Waals surface area contributed by atoms with Crippen molar-refractivity contribution in [2.45, 2.75) is 26.0 Å². The third kappa shape index (κ3) is 5.34. The number of ether oxygens (including phenoxy) is 2. The van der Waals surface area contributed by atoms with Gasteiger partial charge in [-0.2, -0.15) is 0 Å². The Bertz CT molecular complexity index is 1770. The summed E-state index contributed by atoms with van der Waals surface area (Å²) in [4.78, 5) is 42.1. The molecule has 9 nitrogen and oxygen atoms in total. The molecule has 1 aliphatic rings. The molecule has 0 saturated carbocycles. The van der Waals surface area contributed by atoms with Crippen LogP contribution in [0.1, 0.15) is 36.1 Å². The van der Waals surface area contributed by atoms with Gasteiger partial charge in [0, 0.05) is 12.1 Å². The molecule has 1 aromatic heterocycles. The number of thiazole rings is 1. The third-order valence-electron chi connectivity index (χ3n) is 6.50. The van der Waals surface area contributed by atoms with Crippen molar-refractivity contribution in [2.75, 3.05) is 7.11 Å². The van der Waals surface area contributed by atoms with E-state index in [0.29, 0.717) is 32.8 Å². The van der Waals surface area contributed by atoms with Crippen LogP contribution in [0.3, 0.4) is 0 Å². The van der Waals surface area contributed by atoms with Crippen LogP contribution in [-0.4, -0.2) is 22.6 Å². The molecular weight excluding hydrogens is 530 g/mol. The fourth-order valence-electron chi connectivity index (χ4n) is 4.51. The van der Waals surface area contributed by atoms with Crippen molar-refractivity contribution in [2.24, 2.45) is 4.99 Å². The van der Waals surface area contributed by atoms with Gasteiger partial charge in [-0.25, -0.2) is 9.79 Å². The van der Waals surface area contributed by atoms with Crippen LogP contribution in [0.2, 0.25) is 0 Å². The van der Waals surface area contributed by atoms with Gasteiger partial charge in [-0.05, 0) is 53.5 Å². The third-order valence-corrected chi connectivity index (χ3v) is 7.48. The van der Waals surface area contributed by atoms with Gasteiger partial charge < -0.3 is 9.47 Å². The van der Waals surface area contributed by atoms with E-state index in [1.807, 2.05) is 49.4 Å². The van der Waals surface area contributed by atoms with E-state index in [1.165, 1.54) is 30.6 Å². The number of nitrogens with zero attached hydrogens (tertiary/aromatic N) is 3. The van der Waals surface area contributed by atoms with E-state index in [4.69, 9.17) is 9.47 Å². The van der Waals surface area contributed by atoms with E-state index in [0.717, 1.165) is 16.7 Å². The number of carbonyl (C=O) groups is 1. The second-order valence-corrected chi connectivity index (χ2v) is 9.99.